The number of benzene rings is 2. The standard InChI is InChI=1S/C21H13F3N6O3/c22-21(23,24)14-3-1-11(2-4-14)18-10-30(29-28-18)15-6-12(5-13(7-15)20(32)33)16-8-27-17(9-26-16)19(25)31/h1-10H,(H2,25,31)(H,32,33). The number of carbonyl (C=O) groups excluding carboxylic acids is 1. The highest BCUT2D eigenvalue weighted by Crippen LogP contribution is 2.31. The molecule has 166 valence electrons. The first-order valence-corrected chi connectivity index (χ1v) is 9.23. The van der Waals surface area contributed by atoms with Gasteiger partial charge in [-0.3, -0.25) is 9.78 Å². The summed E-state index contributed by atoms with van der Waals surface area (Å²) >= 11 is 0. The molecule has 0 radical (unpaired) electrons. The highest BCUT2D eigenvalue weighted by atomic mass is 19.4. The SMILES string of the molecule is NC(=O)c1cnc(-c2cc(C(=O)O)cc(-n3cc(-c4ccc(C(F)(F)F)cc4)nn3)c2)cn1. The van der Waals surface area contributed by atoms with Gasteiger partial charge in [0.15, 0.2) is 0 Å². The lowest BCUT2D eigenvalue weighted by atomic mass is 10.1. The molecule has 9 nitrogen and oxygen atoms in total. The Labute approximate surface area is 183 Å². The molecule has 33 heavy (non-hydrogen) atoms. The minimum Gasteiger partial charge on any atom is -0.478 e. The van der Waals surface area contributed by atoms with Gasteiger partial charge in [-0.15, -0.1) is 5.10 Å². The van der Waals surface area contributed by atoms with Crippen molar-refractivity contribution in [3.63, 3.8) is 0 Å². The number of nitrogens with two attached hydrogens (primary N) is 1. The Morgan fingerprint density at radius 1 is 0.939 bits per heavy atom. The fraction of sp³-hybridized carbons (Fsp3) is 0.0476. The van der Waals surface area contributed by atoms with Gasteiger partial charge in [0, 0.05) is 11.1 Å². The van der Waals surface area contributed by atoms with Gasteiger partial charge in [-0.05, 0) is 30.3 Å². The maximum Gasteiger partial charge on any atom is 0.416 e. The van der Waals surface area contributed by atoms with Crippen LogP contribution in [0, 0.1) is 0 Å². The molecule has 0 aliphatic heterocycles. The summed E-state index contributed by atoms with van der Waals surface area (Å²) in [5.41, 5.74) is 5.90. The molecule has 3 N–H and O–H groups in total. The predicted molar refractivity (Wildman–Crippen MR) is 108 cm³/mol. The number of carbonyl (C=O) groups is 2. The fourth-order valence-corrected chi connectivity index (χ4v) is 2.97. The first kappa shape index (κ1) is 21.6. The lowest BCUT2D eigenvalue weighted by Crippen LogP contribution is -2.13. The predicted octanol–water partition coefficient (Wildman–Crippen LogP) is 3.21. The highest BCUT2D eigenvalue weighted by Gasteiger charge is 2.30. The molecule has 0 atom stereocenters. The average molecular weight is 454 g/mol. The van der Waals surface area contributed by atoms with Gasteiger partial charge < -0.3 is 10.8 Å². The third-order valence-corrected chi connectivity index (χ3v) is 4.63. The quantitative estimate of drug-likeness (QED) is 0.472. The largest absolute Gasteiger partial charge is 0.478 e. The minimum absolute atomic E-state index is 0.0502. The zero-order valence-electron chi connectivity index (χ0n) is 16.5. The lowest BCUT2D eigenvalue weighted by Gasteiger charge is -2.07. The molecule has 4 rings (SSSR count). The molecule has 1 amide bonds. The van der Waals surface area contributed by atoms with E-state index >= 15 is 0 Å². The van der Waals surface area contributed by atoms with E-state index in [0.29, 0.717) is 16.8 Å². The molecule has 0 bridgehead atoms. The Kier molecular flexibility index (Phi) is 5.34. The van der Waals surface area contributed by atoms with Crippen LogP contribution in [-0.2, 0) is 6.18 Å². The summed E-state index contributed by atoms with van der Waals surface area (Å²) in [4.78, 5) is 30.8. The van der Waals surface area contributed by atoms with E-state index in [1.165, 1.54) is 47.5 Å². The minimum atomic E-state index is -4.46. The number of amides is 1. The van der Waals surface area contributed by atoms with Crippen molar-refractivity contribution in [3.8, 4) is 28.2 Å². The van der Waals surface area contributed by atoms with Gasteiger partial charge in [-0.2, -0.15) is 13.2 Å². The summed E-state index contributed by atoms with van der Waals surface area (Å²) in [5, 5.41) is 17.4. The van der Waals surface area contributed by atoms with Gasteiger partial charge >= 0.3 is 12.1 Å². The van der Waals surface area contributed by atoms with E-state index in [0.717, 1.165) is 12.1 Å². The topological polar surface area (TPSA) is 137 Å². The van der Waals surface area contributed by atoms with E-state index < -0.39 is 23.6 Å². The summed E-state index contributed by atoms with van der Waals surface area (Å²) in [5.74, 6) is -1.96. The van der Waals surface area contributed by atoms with E-state index in [1.807, 2.05) is 0 Å². The van der Waals surface area contributed by atoms with Crippen molar-refractivity contribution < 1.29 is 27.9 Å². The number of alkyl halides is 3. The summed E-state index contributed by atoms with van der Waals surface area (Å²) in [6.07, 6.45) is -0.555. The average Bonchev–Trinajstić information content (AvgIpc) is 3.29. The Morgan fingerprint density at radius 2 is 1.67 bits per heavy atom. The van der Waals surface area contributed by atoms with Gasteiger partial charge in [0.2, 0.25) is 0 Å². The van der Waals surface area contributed by atoms with Crippen molar-refractivity contribution in [2.24, 2.45) is 5.73 Å². The summed E-state index contributed by atoms with van der Waals surface area (Å²) in [6, 6.07) is 8.71. The van der Waals surface area contributed by atoms with Crippen molar-refractivity contribution in [1.29, 1.82) is 0 Å². The number of primary amides is 1. The third-order valence-electron chi connectivity index (χ3n) is 4.63. The van der Waals surface area contributed by atoms with Crippen molar-refractivity contribution in [3.05, 3.63) is 77.9 Å². The number of hydrogen-bond acceptors (Lipinski definition) is 6. The van der Waals surface area contributed by atoms with Gasteiger partial charge in [0.05, 0.1) is 41.1 Å². The second-order valence-electron chi connectivity index (χ2n) is 6.85. The maximum atomic E-state index is 12.8. The summed E-state index contributed by atoms with van der Waals surface area (Å²) < 4.78 is 39.6. The number of aromatic nitrogens is 5. The second-order valence-corrected chi connectivity index (χ2v) is 6.85. The fourth-order valence-electron chi connectivity index (χ4n) is 2.97. The van der Waals surface area contributed by atoms with Crippen LogP contribution in [0.5, 0.6) is 0 Å². The second kappa shape index (κ2) is 8.15. The van der Waals surface area contributed by atoms with Crippen molar-refractivity contribution in [2.75, 3.05) is 0 Å². The Bertz CT molecular complexity index is 1350. The van der Waals surface area contributed by atoms with Crippen molar-refractivity contribution >= 4 is 11.9 Å². The number of aromatic carboxylic acids is 1. The van der Waals surface area contributed by atoms with Crippen LogP contribution in [0.1, 0.15) is 26.4 Å². The Balaban J connectivity index is 1.71. The van der Waals surface area contributed by atoms with Crippen LogP contribution in [0.3, 0.4) is 0 Å². The smallest absolute Gasteiger partial charge is 0.416 e. The van der Waals surface area contributed by atoms with Gasteiger partial charge in [-0.1, -0.05) is 17.3 Å². The van der Waals surface area contributed by atoms with Crippen molar-refractivity contribution in [2.45, 2.75) is 6.18 Å². The number of carboxylic acids is 1. The van der Waals surface area contributed by atoms with Crippen LogP contribution in [0.4, 0.5) is 13.2 Å². The van der Waals surface area contributed by atoms with Crippen LogP contribution in [0.2, 0.25) is 0 Å². The number of halogens is 3. The zero-order chi connectivity index (χ0) is 23.8. The molecule has 2 aromatic heterocycles. The van der Waals surface area contributed by atoms with Crippen LogP contribution in [0.25, 0.3) is 28.2 Å². The first-order valence-electron chi connectivity index (χ1n) is 9.23. The monoisotopic (exact) mass is 454 g/mol. The van der Waals surface area contributed by atoms with Crippen LogP contribution < -0.4 is 5.73 Å². The molecule has 2 aromatic carbocycles. The number of carboxylic acid groups (broad SMARTS) is 1. The normalized spacial score (nSPS) is 11.4. The zero-order valence-corrected chi connectivity index (χ0v) is 16.5. The Morgan fingerprint density at radius 3 is 2.24 bits per heavy atom. The van der Waals surface area contributed by atoms with Gasteiger partial charge in [0.1, 0.15) is 11.4 Å². The van der Waals surface area contributed by atoms with Crippen LogP contribution in [-0.4, -0.2) is 41.9 Å². The molecule has 0 fully saturated rings. The van der Waals surface area contributed by atoms with E-state index in [1.54, 1.807) is 6.07 Å². The molecule has 12 heteroatoms. The molecule has 0 aliphatic carbocycles. The van der Waals surface area contributed by atoms with Gasteiger partial charge in [-0.25, -0.2) is 14.5 Å². The summed E-state index contributed by atoms with van der Waals surface area (Å²) in [6.45, 7) is 0. The van der Waals surface area contributed by atoms with Crippen molar-refractivity contribution in [1.82, 2.24) is 25.0 Å². The van der Waals surface area contributed by atoms with E-state index in [9.17, 15) is 27.9 Å². The highest BCUT2D eigenvalue weighted by molar-refractivity contribution is 5.91. The Hall–Kier alpha value is -4.61. The van der Waals surface area contributed by atoms with E-state index in [-0.39, 0.29) is 22.6 Å². The van der Waals surface area contributed by atoms with Crippen LogP contribution in [0.15, 0.2) is 61.1 Å². The molecule has 0 saturated carbocycles. The van der Waals surface area contributed by atoms with E-state index in [2.05, 4.69) is 20.3 Å². The number of hydrogen-bond donors (Lipinski definition) is 2. The number of rotatable bonds is 5. The molecular formula is C21H13F3N6O3. The molecule has 0 unspecified atom stereocenters. The maximum absolute atomic E-state index is 12.8. The molecular weight excluding hydrogens is 441 g/mol. The van der Waals surface area contributed by atoms with Gasteiger partial charge in [0.25, 0.3) is 5.91 Å². The number of nitrogens with zero attached hydrogens (tertiary/aromatic N) is 5. The lowest BCUT2D eigenvalue weighted by molar-refractivity contribution is -0.137. The molecule has 2 heterocycles. The molecule has 0 spiro atoms. The van der Waals surface area contributed by atoms with Crippen LogP contribution >= 0.6 is 0 Å². The summed E-state index contributed by atoms with van der Waals surface area (Å²) in [7, 11) is 0. The first-order chi connectivity index (χ1) is 15.6. The molecule has 0 aliphatic rings. The molecule has 4 aromatic rings. The third kappa shape index (κ3) is 4.54. The molecule has 0 saturated heterocycles. The van der Waals surface area contributed by atoms with E-state index in [4.69, 9.17) is 5.73 Å².